The van der Waals surface area contributed by atoms with Gasteiger partial charge in [0, 0.05) is 24.6 Å². The molecule has 2 heterocycles. The number of carbonyl (C=O) groups excluding carboxylic acids is 1. The molecule has 6 heteroatoms. The Bertz CT molecular complexity index is 1130. The summed E-state index contributed by atoms with van der Waals surface area (Å²) in [6.07, 6.45) is 2.01. The first-order chi connectivity index (χ1) is 14.0. The minimum Gasteiger partial charge on any atom is -0.508 e. The van der Waals surface area contributed by atoms with Crippen molar-refractivity contribution in [2.75, 3.05) is 13.2 Å². The molecule has 1 amide bonds. The monoisotopic (exact) mass is 392 g/mol. The molecule has 0 bridgehead atoms. The molecule has 3 aromatic rings. The fourth-order valence-electron chi connectivity index (χ4n) is 3.50. The number of nitrogens with zero attached hydrogens (tertiary/aromatic N) is 1. The van der Waals surface area contributed by atoms with Crippen molar-refractivity contribution in [1.29, 1.82) is 0 Å². The predicted octanol–water partition coefficient (Wildman–Crippen LogP) is 3.90. The zero-order valence-corrected chi connectivity index (χ0v) is 16.6. The van der Waals surface area contributed by atoms with E-state index in [2.05, 4.69) is 10.3 Å². The average Bonchev–Trinajstić information content (AvgIpc) is 3.21. The largest absolute Gasteiger partial charge is 0.508 e. The Balaban J connectivity index is 1.78. The topological polar surface area (TPSA) is 84.1 Å². The lowest BCUT2D eigenvalue weighted by Gasteiger charge is -2.11. The number of amides is 1. The summed E-state index contributed by atoms with van der Waals surface area (Å²) in [5, 5.41) is 13.4. The number of ether oxygens (including phenoxy) is 1. The highest BCUT2D eigenvalue weighted by atomic mass is 16.5. The molecule has 0 unspecified atom stereocenters. The fraction of sp³-hybridized carbons (Fsp3) is 0.304. The summed E-state index contributed by atoms with van der Waals surface area (Å²) < 4.78 is 11.5. The van der Waals surface area contributed by atoms with Crippen LogP contribution in [0.25, 0.3) is 11.0 Å². The van der Waals surface area contributed by atoms with Gasteiger partial charge in [0.2, 0.25) is 5.55 Å². The maximum absolute atomic E-state index is 12.9. The molecule has 1 atom stereocenters. The summed E-state index contributed by atoms with van der Waals surface area (Å²) in [5.41, 5.74) is 3.87. The van der Waals surface area contributed by atoms with Crippen LogP contribution in [0.2, 0.25) is 0 Å². The van der Waals surface area contributed by atoms with Crippen LogP contribution in [0.1, 0.15) is 34.3 Å². The first-order valence-corrected chi connectivity index (χ1v) is 9.78. The number of carbonyl (C=O) groups is 1. The van der Waals surface area contributed by atoms with Crippen LogP contribution in [-0.4, -0.2) is 30.3 Å². The first kappa shape index (κ1) is 19.2. The molecule has 0 spiro atoms. The van der Waals surface area contributed by atoms with Gasteiger partial charge in [-0.1, -0.05) is 17.7 Å². The van der Waals surface area contributed by atoms with Crippen LogP contribution >= 0.6 is 0 Å². The van der Waals surface area contributed by atoms with Gasteiger partial charge in [-0.15, -0.1) is 0 Å². The van der Waals surface area contributed by atoms with Crippen molar-refractivity contribution in [2.45, 2.75) is 32.8 Å². The second kappa shape index (κ2) is 8.09. The molecule has 29 heavy (non-hydrogen) atoms. The SMILES string of the molecule is Cc1ccc(N=c2oc3cc(O)ccc3cc2C(=O)NC[C@@H]2CCCO2)c(C)c1. The van der Waals surface area contributed by atoms with E-state index in [1.165, 1.54) is 6.07 Å². The van der Waals surface area contributed by atoms with Gasteiger partial charge in [0.25, 0.3) is 5.91 Å². The minimum atomic E-state index is -0.261. The third-order valence-electron chi connectivity index (χ3n) is 5.07. The molecule has 4 rings (SSSR count). The number of nitrogens with one attached hydrogen (secondary N) is 1. The quantitative estimate of drug-likeness (QED) is 0.705. The summed E-state index contributed by atoms with van der Waals surface area (Å²) >= 11 is 0. The number of aromatic hydroxyl groups is 1. The van der Waals surface area contributed by atoms with Gasteiger partial charge in [0.05, 0.1) is 11.8 Å². The molecule has 150 valence electrons. The van der Waals surface area contributed by atoms with Crippen molar-refractivity contribution in [2.24, 2.45) is 4.99 Å². The Kier molecular flexibility index (Phi) is 5.36. The van der Waals surface area contributed by atoms with E-state index in [1.807, 2.05) is 32.0 Å². The highest BCUT2D eigenvalue weighted by Gasteiger charge is 2.18. The summed E-state index contributed by atoms with van der Waals surface area (Å²) in [5.74, 6) is -0.169. The van der Waals surface area contributed by atoms with Crippen LogP contribution < -0.4 is 10.9 Å². The molecular formula is C23H24N2O4. The fourth-order valence-corrected chi connectivity index (χ4v) is 3.50. The smallest absolute Gasteiger partial charge is 0.256 e. The van der Waals surface area contributed by atoms with Gasteiger partial charge in [0.1, 0.15) is 16.9 Å². The lowest BCUT2D eigenvalue weighted by Crippen LogP contribution is -2.34. The van der Waals surface area contributed by atoms with E-state index in [0.29, 0.717) is 23.1 Å². The molecule has 1 saturated heterocycles. The highest BCUT2D eigenvalue weighted by Crippen LogP contribution is 2.22. The maximum Gasteiger partial charge on any atom is 0.256 e. The van der Waals surface area contributed by atoms with Crippen LogP contribution in [0.5, 0.6) is 5.75 Å². The van der Waals surface area contributed by atoms with Crippen LogP contribution in [0.15, 0.2) is 51.9 Å². The zero-order valence-electron chi connectivity index (χ0n) is 16.6. The number of rotatable bonds is 4. The Hall–Kier alpha value is -3.12. The number of fused-ring (bicyclic) bond motifs is 1. The van der Waals surface area contributed by atoms with Gasteiger partial charge in [-0.25, -0.2) is 4.99 Å². The van der Waals surface area contributed by atoms with Crippen molar-refractivity contribution < 1.29 is 19.1 Å². The predicted molar refractivity (Wildman–Crippen MR) is 110 cm³/mol. The molecule has 0 radical (unpaired) electrons. The number of phenolic OH excluding ortho intramolecular Hbond substituents is 1. The van der Waals surface area contributed by atoms with Gasteiger partial charge in [-0.3, -0.25) is 4.79 Å². The molecule has 0 aliphatic carbocycles. The standard InChI is InChI=1S/C23H24N2O4/c1-14-5-8-20(15(2)10-14)25-23-19(22(27)24-13-18-4-3-9-28-18)11-16-6-7-17(26)12-21(16)29-23/h5-8,10-12,18,26H,3-4,9,13H2,1-2H3,(H,24,27)/t18-/m0/s1. The van der Waals surface area contributed by atoms with Crippen LogP contribution in [-0.2, 0) is 4.74 Å². The molecule has 1 fully saturated rings. The molecule has 1 aliphatic heterocycles. The van der Waals surface area contributed by atoms with Crippen molar-refractivity contribution in [3.05, 3.63) is 64.7 Å². The van der Waals surface area contributed by atoms with E-state index in [4.69, 9.17) is 9.15 Å². The van der Waals surface area contributed by atoms with E-state index in [-0.39, 0.29) is 23.3 Å². The van der Waals surface area contributed by atoms with Crippen LogP contribution in [0.3, 0.4) is 0 Å². The van der Waals surface area contributed by atoms with Crippen LogP contribution in [0, 0.1) is 13.8 Å². The summed E-state index contributed by atoms with van der Waals surface area (Å²) in [4.78, 5) is 17.5. The summed E-state index contributed by atoms with van der Waals surface area (Å²) in [7, 11) is 0. The van der Waals surface area contributed by atoms with Crippen molar-refractivity contribution in [3.63, 3.8) is 0 Å². The van der Waals surface area contributed by atoms with Gasteiger partial charge >= 0.3 is 0 Å². The lowest BCUT2D eigenvalue weighted by molar-refractivity contribution is 0.0854. The Morgan fingerprint density at radius 3 is 2.83 bits per heavy atom. The van der Waals surface area contributed by atoms with Crippen LogP contribution in [0.4, 0.5) is 5.69 Å². The third kappa shape index (κ3) is 4.32. The number of hydrogen-bond acceptors (Lipinski definition) is 5. The van der Waals surface area contributed by atoms with E-state index < -0.39 is 0 Å². The highest BCUT2D eigenvalue weighted by molar-refractivity contribution is 5.96. The van der Waals surface area contributed by atoms with Crippen molar-refractivity contribution >= 4 is 22.6 Å². The van der Waals surface area contributed by atoms with Crippen molar-refractivity contribution in [1.82, 2.24) is 5.32 Å². The molecule has 1 aliphatic rings. The zero-order chi connectivity index (χ0) is 20.4. The van der Waals surface area contributed by atoms with Crippen molar-refractivity contribution in [3.8, 4) is 5.75 Å². The normalized spacial score (nSPS) is 17.0. The third-order valence-corrected chi connectivity index (χ3v) is 5.07. The average molecular weight is 392 g/mol. The molecule has 2 aromatic carbocycles. The Morgan fingerprint density at radius 2 is 2.07 bits per heavy atom. The van der Waals surface area contributed by atoms with Gasteiger partial charge in [-0.05, 0) is 56.5 Å². The van der Waals surface area contributed by atoms with E-state index in [9.17, 15) is 9.90 Å². The Morgan fingerprint density at radius 1 is 1.21 bits per heavy atom. The second-order valence-electron chi connectivity index (χ2n) is 7.43. The lowest BCUT2D eigenvalue weighted by atomic mass is 10.1. The van der Waals surface area contributed by atoms with Gasteiger partial charge in [0.15, 0.2) is 0 Å². The number of benzene rings is 2. The molecular weight excluding hydrogens is 368 g/mol. The maximum atomic E-state index is 12.9. The summed E-state index contributed by atoms with van der Waals surface area (Å²) in [6.45, 7) is 5.18. The van der Waals surface area contributed by atoms with Gasteiger partial charge in [-0.2, -0.15) is 0 Å². The molecule has 0 saturated carbocycles. The summed E-state index contributed by atoms with van der Waals surface area (Å²) in [6, 6.07) is 12.4. The van der Waals surface area contributed by atoms with E-state index in [0.717, 1.165) is 36.3 Å². The first-order valence-electron chi connectivity index (χ1n) is 9.78. The minimum absolute atomic E-state index is 0.0491. The number of hydrogen-bond donors (Lipinski definition) is 2. The number of aryl methyl sites for hydroxylation is 2. The second-order valence-corrected chi connectivity index (χ2v) is 7.43. The Labute approximate surface area is 168 Å². The molecule has 6 nitrogen and oxygen atoms in total. The number of phenols is 1. The molecule has 1 aromatic heterocycles. The van der Waals surface area contributed by atoms with Gasteiger partial charge < -0.3 is 19.6 Å². The molecule has 2 N–H and O–H groups in total. The van der Waals surface area contributed by atoms with E-state index >= 15 is 0 Å². The van der Waals surface area contributed by atoms with E-state index in [1.54, 1.807) is 18.2 Å².